The highest BCUT2D eigenvalue weighted by Crippen LogP contribution is 2.38. The van der Waals surface area contributed by atoms with Gasteiger partial charge in [0.05, 0.1) is 17.4 Å². The second-order valence-corrected chi connectivity index (χ2v) is 7.52. The lowest BCUT2D eigenvalue weighted by atomic mass is 10.1. The number of likely N-dealkylation sites (tertiary alicyclic amines) is 1. The molecule has 4 rings (SSSR count). The summed E-state index contributed by atoms with van der Waals surface area (Å²) in [5, 5.41) is 0. The van der Waals surface area contributed by atoms with E-state index in [0.29, 0.717) is 24.5 Å². The molecule has 0 bridgehead atoms. The van der Waals surface area contributed by atoms with Gasteiger partial charge in [-0.15, -0.1) is 0 Å². The van der Waals surface area contributed by atoms with Gasteiger partial charge in [-0.25, -0.2) is 8.78 Å². The van der Waals surface area contributed by atoms with Gasteiger partial charge in [-0.3, -0.25) is 9.69 Å². The molecule has 1 amide bonds. The van der Waals surface area contributed by atoms with Gasteiger partial charge < -0.3 is 9.80 Å². The zero-order chi connectivity index (χ0) is 19.7. The van der Waals surface area contributed by atoms with Gasteiger partial charge in [0, 0.05) is 18.8 Å². The summed E-state index contributed by atoms with van der Waals surface area (Å²) in [6.45, 7) is 4.88. The first-order valence-electron chi connectivity index (χ1n) is 9.93. The third kappa shape index (κ3) is 3.61. The van der Waals surface area contributed by atoms with E-state index in [1.54, 1.807) is 23.1 Å². The predicted octanol–water partition coefficient (Wildman–Crippen LogP) is 4.32. The van der Waals surface area contributed by atoms with Gasteiger partial charge in [0.25, 0.3) is 0 Å². The van der Waals surface area contributed by atoms with Crippen LogP contribution in [-0.4, -0.2) is 43.0 Å². The quantitative estimate of drug-likeness (QED) is 0.787. The van der Waals surface area contributed by atoms with Crippen molar-refractivity contribution in [2.75, 3.05) is 36.0 Å². The van der Waals surface area contributed by atoms with Crippen LogP contribution in [0, 0.1) is 11.6 Å². The van der Waals surface area contributed by atoms with Crippen molar-refractivity contribution in [3.63, 3.8) is 0 Å². The Labute approximate surface area is 164 Å². The monoisotopic (exact) mass is 385 g/mol. The molecule has 0 saturated carbocycles. The Kier molecular flexibility index (Phi) is 5.31. The number of nitrogens with zero attached hydrogens (tertiary/aromatic N) is 3. The summed E-state index contributed by atoms with van der Waals surface area (Å²) in [4.78, 5) is 19.2. The number of hydrogen-bond acceptors (Lipinski definition) is 3. The molecule has 2 heterocycles. The van der Waals surface area contributed by atoms with E-state index in [1.165, 1.54) is 30.7 Å². The van der Waals surface area contributed by atoms with Crippen molar-refractivity contribution in [1.82, 2.24) is 4.90 Å². The second-order valence-electron chi connectivity index (χ2n) is 7.52. The summed E-state index contributed by atoms with van der Waals surface area (Å²) in [6, 6.07) is 10.4. The first-order valence-corrected chi connectivity index (χ1v) is 9.93. The lowest BCUT2D eigenvalue weighted by Gasteiger charge is -2.40. The molecule has 0 radical (unpaired) electrons. The van der Waals surface area contributed by atoms with E-state index in [4.69, 9.17) is 0 Å². The molecule has 1 saturated heterocycles. The van der Waals surface area contributed by atoms with E-state index in [1.807, 2.05) is 11.8 Å². The maximum Gasteiger partial charge on any atom is 0.244 e. The molecule has 2 aliphatic heterocycles. The summed E-state index contributed by atoms with van der Waals surface area (Å²) in [6.07, 6.45) is 3.46. The van der Waals surface area contributed by atoms with E-state index < -0.39 is 0 Å². The maximum atomic E-state index is 14.0. The lowest BCUT2D eigenvalue weighted by Crippen LogP contribution is -2.52. The minimum Gasteiger partial charge on any atom is -0.338 e. The molecule has 6 heteroatoms. The zero-order valence-electron chi connectivity index (χ0n) is 16.1. The van der Waals surface area contributed by atoms with Crippen LogP contribution < -0.4 is 9.80 Å². The molecule has 148 valence electrons. The summed E-state index contributed by atoms with van der Waals surface area (Å²) >= 11 is 0. The fourth-order valence-corrected chi connectivity index (χ4v) is 4.19. The molecule has 0 spiro atoms. The second kappa shape index (κ2) is 7.87. The van der Waals surface area contributed by atoms with Crippen LogP contribution in [0.2, 0.25) is 0 Å². The molecule has 0 aromatic heterocycles. The van der Waals surface area contributed by atoms with E-state index in [2.05, 4.69) is 4.90 Å². The number of piperidine rings is 1. The molecule has 1 fully saturated rings. The average molecular weight is 385 g/mol. The van der Waals surface area contributed by atoms with Gasteiger partial charge in [0.2, 0.25) is 5.91 Å². The van der Waals surface area contributed by atoms with Crippen LogP contribution in [0.1, 0.15) is 26.2 Å². The third-order valence-electron chi connectivity index (χ3n) is 5.77. The lowest BCUT2D eigenvalue weighted by molar-refractivity contribution is -0.123. The van der Waals surface area contributed by atoms with E-state index in [-0.39, 0.29) is 23.6 Å². The van der Waals surface area contributed by atoms with Crippen molar-refractivity contribution in [2.45, 2.75) is 32.2 Å². The Morgan fingerprint density at radius 1 is 0.857 bits per heavy atom. The van der Waals surface area contributed by atoms with Crippen LogP contribution in [0.4, 0.5) is 25.8 Å². The average Bonchev–Trinajstić information content (AvgIpc) is 2.73. The zero-order valence-corrected chi connectivity index (χ0v) is 16.1. The molecule has 0 aliphatic carbocycles. The Bertz CT molecular complexity index is 849. The predicted molar refractivity (Wildman–Crippen MR) is 107 cm³/mol. The van der Waals surface area contributed by atoms with Crippen molar-refractivity contribution in [3.8, 4) is 0 Å². The normalized spacial score (nSPS) is 18.7. The molecule has 4 nitrogen and oxygen atoms in total. The van der Waals surface area contributed by atoms with E-state index in [0.717, 1.165) is 31.6 Å². The van der Waals surface area contributed by atoms with Crippen LogP contribution in [0.3, 0.4) is 0 Å². The standard InChI is InChI=1S/C22H25F2N3O/c1-16(25-11-3-2-4-12-25)22(28)27-14-13-26(19-8-5-17(23)6-9-19)21-15-18(24)7-10-20(21)27/h5-10,15-16H,2-4,11-14H2,1H3. The van der Waals surface area contributed by atoms with Gasteiger partial charge in [0.15, 0.2) is 0 Å². The maximum absolute atomic E-state index is 14.0. The van der Waals surface area contributed by atoms with Gasteiger partial charge in [-0.1, -0.05) is 6.42 Å². The first-order chi connectivity index (χ1) is 13.5. The highest BCUT2D eigenvalue weighted by atomic mass is 19.1. The van der Waals surface area contributed by atoms with Crippen LogP contribution in [0.15, 0.2) is 42.5 Å². The van der Waals surface area contributed by atoms with Crippen molar-refractivity contribution in [1.29, 1.82) is 0 Å². The fourth-order valence-electron chi connectivity index (χ4n) is 4.19. The summed E-state index contributed by atoms with van der Waals surface area (Å²) in [7, 11) is 0. The largest absolute Gasteiger partial charge is 0.338 e. The SMILES string of the molecule is CC(C(=O)N1CCN(c2ccc(F)cc2)c2cc(F)ccc21)N1CCCCC1. The van der Waals surface area contributed by atoms with E-state index >= 15 is 0 Å². The minimum absolute atomic E-state index is 0.0496. The number of fused-ring (bicyclic) bond motifs is 1. The number of carbonyl (C=O) groups excluding carboxylic acids is 1. The Morgan fingerprint density at radius 2 is 1.54 bits per heavy atom. The van der Waals surface area contributed by atoms with Gasteiger partial charge in [-0.2, -0.15) is 0 Å². The summed E-state index contributed by atoms with van der Waals surface area (Å²) < 4.78 is 27.3. The smallest absolute Gasteiger partial charge is 0.244 e. The molecule has 28 heavy (non-hydrogen) atoms. The molecule has 2 aromatic rings. The molecule has 1 atom stereocenters. The van der Waals surface area contributed by atoms with Crippen LogP contribution in [0.5, 0.6) is 0 Å². The number of hydrogen-bond donors (Lipinski definition) is 0. The third-order valence-corrected chi connectivity index (χ3v) is 5.77. The molecular formula is C22H25F2N3O. The number of carbonyl (C=O) groups is 1. The molecule has 2 aromatic carbocycles. The van der Waals surface area contributed by atoms with Crippen molar-refractivity contribution >= 4 is 23.0 Å². The Hall–Kier alpha value is -2.47. The summed E-state index contributed by atoms with van der Waals surface area (Å²) in [5.41, 5.74) is 2.12. The number of amides is 1. The van der Waals surface area contributed by atoms with Crippen molar-refractivity contribution in [3.05, 3.63) is 54.1 Å². The molecule has 0 N–H and O–H groups in total. The van der Waals surface area contributed by atoms with Crippen molar-refractivity contribution in [2.24, 2.45) is 0 Å². The van der Waals surface area contributed by atoms with E-state index in [9.17, 15) is 13.6 Å². The highest BCUT2D eigenvalue weighted by molar-refractivity contribution is 6.01. The number of anilines is 3. The Morgan fingerprint density at radius 3 is 2.25 bits per heavy atom. The number of benzene rings is 2. The molecule has 2 aliphatic rings. The number of rotatable bonds is 3. The number of halogens is 2. The molecular weight excluding hydrogens is 360 g/mol. The van der Waals surface area contributed by atoms with Gasteiger partial charge in [-0.05, 0) is 75.3 Å². The summed E-state index contributed by atoms with van der Waals surface area (Å²) in [5.74, 6) is -0.620. The van der Waals surface area contributed by atoms with Crippen LogP contribution in [0.25, 0.3) is 0 Å². The fraction of sp³-hybridized carbons (Fsp3) is 0.409. The van der Waals surface area contributed by atoms with Crippen LogP contribution in [-0.2, 0) is 4.79 Å². The molecule has 1 unspecified atom stereocenters. The highest BCUT2D eigenvalue weighted by Gasteiger charge is 2.33. The van der Waals surface area contributed by atoms with Crippen LogP contribution >= 0.6 is 0 Å². The minimum atomic E-state index is -0.357. The van der Waals surface area contributed by atoms with Gasteiger partial charge in [0.1, 0.15) is 11.6 Å². The van der Waals surface area contributed by atoms with Crippen molar-refractivity contribution < 1.29 is 13.6 Å². The van der Waals surface area contributed by atoms with Gasteiger partial charge >= 0.3 is 0 Å². The Balaban J connectivity index is 1.64. The topological polar surface area (TPSA) is 26.8 Å². The first kappa shape index (κ1) is 18.9.